The summed E-state index contributed by atoms with van der Waals surface area (Å²) in [6.07, 6.45) is 2.33. The Morgan fingerprint density at radius 1 is 1.10 bits per heavy atom. The summed E-state index contributed by atoms with van der Waals surface area (Å²) >= 11 is 3.45. The van der Waals surface area contributed by atoms with Crippen LogP contribution in [0.1, 0.15) is 31.1 Å². The van der Waals surface area contributed by atoms with Gasteiger partial charge in [-0.15, -0.1) is 0 Å². The van der Waals surface area contributed by atoms with Crippen LogP contribution in [-0.4, -0.2) is 39.8 Å². The largest absolute Gasteiger partial charge is 0.340 e. The molecule has 0 saturated carbocycles. The van der Waals surface area contributed by atoms with Gasteiger partial charge in [0.1, 0.15) is 11.7 Å². The number of hydrogen-bond donors (Lipinski definition) is 1. The fourth-order valence-electron chi connectivity index (χ4n) is 4.45. The maximum atomic E-state index is 13.3. The van der Waals surface area contributed by atoms with E-state index in [1.807, 2.05) is 53.4 Å². The second-order valence-corrected chi connectivity index (χ2v) is 8.56. The zero-order valence-corrected chi connectivity index (χ0v) is 17.4. The van der Waals surface area contributed by atoms with Gasteiger partial charge in [0.2, 0.25) is 11.8 Å². The van der Waals surface area contributed by atoms with Crippen molar-refractivity contribution in [2.75, 3.05) is 18.0 Å². The van der Waals surface area contributed by atoms with Crippen molar-refractivity contribution >= 4 is 44.5 Å². The molecule has 0 aliphatic carbocycles. The minimum atomic E-state index is -0.612. The molecule has 29 heavy (non-hydrogen) atoms. The fraction of sp³-hybridized carbons (Fsp3) is 0.318. The molecular formula is C22H21BrN4O2. The number of hydrogen-bond acceptors (Lipinski definition) is 3. The Kier molecular flexibility index (Phi) is 4.62. The van der Waals surface area contributed by atoms with E-state index in [2.05, 4.69) is 20.9 Å². The van der Waals surface area contributed by atoms with Crippen molar-refractivity contribution in [3.8, 4) is 0 Å². The van der Waals surface area contributed by atoms with E-state index >= 15 is 0 Å². The zero-order chi connectivity index (χ0) is 20.0. The van der Waals surface area contributed by atoms with Crippen LogP contribution in [0.2, 0.25) is 0 Å². The van der Waals surface area contributed by atoms with Gasteiger partial charge >= 0.3 is 0 Å². The van der Waals surface area contributed by atoms with Gasteiger partial charge < -0.3 is 14.8 Å². The summed E-state index contributed by atoms with van der Waals surface area (Å²) in [5, 5.41) is 0. The molecule has 2 aliphatic heterocycles. The first-order chi connectivity index (χ1) is 14.1. The Labute approximate surface area is 177 Å². The van der Waals surface area contributed by atoms with Gasteiger partial charge in [-0.2, -0.15) is 0 Å². The fourth-order valence-corrected chi connectivity index (χ4v) is 4.84. The Morgan fingerprint density at radius 3 is 2.79 bits per heavy atom. The van der Waals surface area contributed by atoms with E-state index < -0.39 is 5.92 Å². The van der Waals surface area contributed by atoms with E-state index in [9.17, 15) is 9.59 Å². The molecule has 3 heterocycles. The highest BCUT2D eigenvalue weighted by atomic mass is 79.9. The molecule has 148 valence electrons. The molecule has 2 fully saturated rings. The first kappa shape index (κ1) is 18.4. The van der Waals surface area contributed by atoms with E-state index in [4.69, 9.17) is 4.98 Å². The number of fused-ring (bicyclic) bond motifs is 1. The third-order valence-electron chi connectivity index (χ3n) is 5.88. The minimum absolute atomic E-state index is 0.0737. The summed E-state index contributed by atoms with van der Waals surface area (Å²) in [4.78, 5) is 38.0. The number of anilines is 1. The molecule has 2 aliphatic rings. The Hall–Kier alpha value is -2.67. The maximum Gasteiger partial charge on any atom is 0.239 e. The second-order valence-electron chi connectivity index (χ2n) is 7.64. The first-order valence-corrected chi connectivity index (χ1v) is 10.7. The average Bonchev–Trinajstić information content (AvgIpc) is 3.44. The van der Waals surface area contributed by atoms with Gasteiger partial charge in [0.25, 0.3) is 0 Å². The lowest BCUT2D eigenvalue weighted by molar-refractivity contribution is -0.140. The monoisotopic (exact) mass is 452 g/mol. The smallest absolute Gasteiger partial charge is 0.239 e. The number of carbonyl (C=O) groups is 2. The number of H-pyrrole nitrogens is 1. The molecule has 7 heteroatoms. The van der Waals surface area contributed by atoms with E-state index in [1.165, 1.54) is 0 Å². The Balaban J connectivity index is 1.37. The van der Waals surface area contributed by atoms with Gasteiger partial charge in [0.15, 0.2) is 0 Å². The molecule has 1 N–H and O–H groups in total. The van der Waals surface area contributed by atoms with E-state index in [0.717, 1.165) is 39.9 Å². The van der Waals surface area contributed by atoms with Crippen molar-refractivity contribution in [3.05, 3.63) is 58.8 Å². The van der Waals surface area contributed by atoms with Crippen LogP contribution in [-0.2, 0) is 9.59 Å². The van der Waals surface area contributed by atoms with Crippen LogP contribution in [0.4, 0.5) is 5.69 Å². The van der Waals surface area contributed by atoms with E-state index in [0.29, 0.717) is 19.5 Å². The van der Waals surface area contributed by atoms with Crippen LogP contribution >= 0.6 is 15.9 Å². The van der Waals surface area contributed by atoms with Crippen molar-refractivity contribution in [1.29, 1.82) is 0 Å². The lowest BCUT2D eigenvalue weighted by atomic mass is 10.1. The van der Waals surface area contributed by atoms with Gasteiger partial charge in [0, 0.05) is 23.2 Å². The van der Waals surface area contributed by atoms with Crippen LogP contribution in [0.3, 0.4) is 0 Å². The molecule has 2 aromatic carbocycles. The average molecular weight is 453 g/mol. The Bertz CT molecular complexity index is 1060. The van der Waals surface area contributed by atoms with E-state index in [1.54, 1.807) is 4.90 Å². The van der Waals surface area contributed by atoms with Gasteiger partial charge in [-0.3, -0.25) is 9.59 Å². The molecule has 1 aromatic heterocycles. The van der Waals surface area contributed by atoms with Crippen LogP contribution < -0.4 is 4.90 Å². The molecule has 3 aromatic rings. The second kappa shape index (κ2) is 7.30. The number of benzene rings is 2. The van der Waals surface area contributed by atoms with E-state index in [-0.39, 0.29) is 17.9 Å². The number of aromatic amines is 1. The van der Waals surface area contributed by atoms with Gasteiger partial charge in [0.05, 0.1) is 17.1 Å². The summed E-state index contributed by atoms with van der Waals surface area (Å²) in [7, 11) is 0. The standard InChI is InChI=1S/C22H21BrN4O2/c23-14-5-3-6-15(13-14)26-12-10-16(21(26)28)22(29)27-11-4-9-19(27)20-24-17-7-1-2-8-18(17)25-20/h1-3,5-8,13,16,19H,4,9-12H2,(H,24,25). The number of para-hydroxylation sites is 2. The number of nitrogens with one attached hydrogen (secondary N) is 1. The predicted octanol–water partition coefficient (Wildman–Crippen LogP) is 4.04. The van der Waals surface area contributed by atoms with Crippen molar-refractivity contribution < 1.29 is 9.59 Å². The lowest BCUT2D eigenvalue weighted by Gasteiger charge is -2.26. The molecular weight excluding hydrogens is 432 g/mol. The number of rotatable bonds is 3. The first-order valence-electron chi connectivity index (χ1n) is 9.94. The van der Waals surface area contributed by atoms with Crippen molar-refractivity contribution in [2.45, 2.75) is 25.3 Å². The molecule has 0 spiro atoms. The van der Waals surface area contributed by atoms with Crippen LogP contribution in [0, 0.1) is 5.92 Å². The van der Waals surface area contributed by atoms with Gasteiger partial charge in [-0.1, -0.05) is 34.1 Å². The molecule has 2 unspecified atom stereocenters. The van der Waals surface area contributed by atoms with Gasteiger partial charge in [-0.25, -0.2) is 4.98 Å². The normalized spacial score (nSPS) is 22.0. The van der Waals surface area contributed by atoms with Crippen LogP contribution in [0.5, 0.6) is 0 Å². The zero-order valence-electron chi connectivity index (χ0n) is 15.8. The molecule has 6 nitrogen and oxygen atoms in total. The number of carbonyl (C=O) groups excluding carboxylic acids is 2. The number of amides is 2. The minimum Gasteiger partial charge on any atom is -0.340 e. The molecule has 5 rings (SSSR count). The molecule has 0 bridgehead atoms. The Morgan fingerprint density at radius 2 is 1.97 bits per heavy atom. The molecule has 2 atom stereocenters. The molecule has 0 radical (unpaired) electrons. The molecule has 2 amide bonds. The summed E-state index contributed by atoms with van der Waals surface area (Å²) in [5.74, 6) is 0.0177. The van der Waals surface area contributed by atoms with Crippen LogP contribution in [0.15, 0.2) is 53.0 Å². The van der Waals surface area contributed by atoms with Crippen molar-refractivity contribution in [1.82, 2.24) is 14.9 Å². The predicted molar refractivity (Wildman–Crippen MR) is 114 cm³/mol. The highest BCUT2D eigenvalue weighted by molar-refractivity contribution is 9.10. The SMILES string of the molecule is O=C1C(C(=O)N2CCCC2c2nc3ccccc3[nH]2)CCN1c1cccc(Br)c1. The summed E-state index contributed by atoms with van der Waals surface area (Å²) in [6.45, 7) is 1.23. The number of nitrogens with zero attached hydrogens (tertiary/aromatic N) is 3. The molecule has 2 saturated heterocycles. The lowest BCUT2D eigenvalue weighted by Crippen LogP contribution is -2.40. The topological polar surface area (TPSA) is 69.3 Å². The quantitative estimate of drug-likeness (QED) is 0.609. The highest BCUT2D eigenvalue weighted by Gasteiger charge is 2.43. The maximum absolute atomic E-state index is 13.3. The van der Waals surface area contributed by atoms with Crippen LogP contribution in [0.25, 0.3) is 11.0 Å². The highest BCUT2D eigenvalue weighted by Crippen LogP contribution is 2.35. The summed E-state index contributed by atoms with van der Waals surface area (Å²) in [5.41, 5.74) is 2.70. The van der Waals surface area contributed by atoms with Crippen molar-refractivity contribution in [3.63, 3.8) is 0 Å². The number of imidazole rings is 1. The number of aromatic nitrogens is 2. The third kappa shape index (κ3) is 3.23. The number of halogens is 1. The summed E-state index contributed by atoms with van der Waals surface area (Å²) < 4.78 is 0.919. The number of likely N-dealkylation sites (tertiary alicyclic amines) is 1. The van der Waals surface area contributed by atoms with Crippen molar-refractivity contribution in [2.24, 2.45) is 5.92 Å². The van der Waals surface area contributed by atoms with Gasteiger partial charge in [-0.05, 0) is 49.6 Å². The summed E-state index contributed by atoms with van der Waals surface area (Å²) in [6, 6.07) is 15.4. The third-order valence-corrected chi connectivity index (χ3v) is 6.38.